The molecule has 1 spiro atoms. The molecule has 1 N–H and O–H groups in total. The fourth-order valence-corrected chi connectivity index (χ4v) is 11.0. The molecule has 43 heavy (non-hydrogen) atoms. The van der Waals surface area contributed by atoms with Gasteiger partial charge in [-0.15, -0.1) is 0 Å². The zero-order chi connectivity index (χ0) is 31.5. The minimum Gasteiger partial charge on any atom is -0.481 e. The molecule has 7 nitrogen and oxygen atoms in total. The van der Waals surface area contributed by atoms with Gasteiger partial charge in [-0.25, -0.2) is 0 Å². The zero-order valence-corrected chi connectivity index (χ0v) is 28.6. The maximum absolute atomic E-state index is 12.8. The van der Waals surface area contributed by atoms with Crippen LogP contribution < -0.4 is 0 Å². The van der Waals surface area contributed by atoms with E-state index in [1.165, 1.54) is 5.57 Å². The Kier molecular flexibility index (Phi) is 8.61. The Labute approximate surface area is 260 Å². The van der Waals surface area contributed by atoms with Crippen molar-refractivity contribution in [1.29, 1.82) is 0 Å². The fraction of sp³-hybridized carbons (Fsp3) is 0.886. The molecule has 5 rings (SSSR count). The Bertz CT molecular complexity index is 1150. The standard InChI is InChI=1S/C35H55O7P/c1-29(2)12-10-24-8-9-26-32(6)17-19-35(41-20-21-42-35)30(3,4)25(32)11-13-33(26,7)34(24,23-40-27(36)22-43-39)18-16-31(5,15-14-29)28(37)38/h8,25-26H,9-23H2,1-7H3,(H,37,38)/t25?,26?,31-,32-,33+,34-/m0/s1. The van der Waals surface area contributed by atoms with Crippen molar-refractivity contribution in [2.45, 2.75) is 125 Å². The van der Waals surface area contributed by atoms with Crippen molar-refractivity contribution >= 4 is 20.4 Å². The van der Waals surface area contributed by atoms with E-state index in [1.807, 2.05) is 6.92 Å². The van der Waals surface area contributed by atoms with E-state index in [1.54, 1.807) is 0 Å². The lowest BCUT2D eigenvalue weighted by Gasteiger charge is -2.70. The van der Waals surface area contributed by atoms with Crippen molar-refractivity contribution in [1.82, 2.24) is 0 Å². The van der Waals surface area contributed by atoms with Crippen LogP contribution in [0.15, 0.2) is 11.6 Å². The molecular formula is C35H55O7P. The summed E-state index contributed by atoms with van der Waals surface area (Å²) in [6.07, 6.45) is 11.7. The molecule has 0 bridgehead atoms. The molecule has 0 aromatic heterocycles. The normalized spacial score (nSPS) is 41.8. The van der Waals surface area contributed by atoms with Crippen molar-refractivity contribution in [2.75, 3.05) is 26.0 Å². The maximum Gasteiger partial charge on any atom is 0.317 e. The van der Waals surface area contributed by atoms with Crippen LogP contribution in [0.25, 0.3) is 0 Å². The van der Waals surface area contributed by atoms with Crippen LogP contribution in [-0.2, 0) is 28.4 Å². The van der Waals surface area contributed by atoms with E-state index in [9.17, 15) is 19.3 Å². The number of fused-ring (bicyclic) bond motifs is 5. The van der Waals surface area contributed by atoms with Crippen LogP contribution in [-0.4, -0.2) is 48.8 Å². The first-order valence-corrected chi connectivity index (χ1v) is 17.7. The largest absolute Gasteiger partial charge is 0.481 e. The number of rotatable bonds is 5. The second-order valence-electron chi connectivity index (χ2n) is 16.8. The van der Waals surface area contributed by atoms with Gasteiger partial charge in [0, 0.05) is 17.3 Å². The van der Waals surface area contributed by atoms with Gasteiger partial charge in [0.05, 0.1) is 18.6 Å². The molecule has 0 radical (unpaired) electrons. The summed E-state index contributed by atoms with van der Waals surface area (Å²) < 4.78 is 30.2. The van der Waals surface area contributed by atoms with Crippen molar-refractivity contribution in [3.05, 3.63) is 11.6 Å². The second kappa shape index (κ2) is 11.2. The van der Waals surface area contributed by atoms with Crippen LogP contribution >= 0.6 is 8.46 Å². The lowest BCUT2D eigenvalue weighted by Crippen LogP contribution is -2.67. The van der Waals surface area contributed by atoms with Gasteiger partial charge in [0.25, 0.3) is 0 Å². The first-order valence-electron chi connectivity index (χ1n) is 16.7. The minimum absolute atomic E-state index is 0.00311. The van der Waals surface area contributed by atoms with Gasteiger partial charge in [0.2, 0.25) is 0 Å². The Morgan fingerprint density at radius 3 is 2.23 bits per heavy atom. The van der Waals surface area contributed by atoms with E-state index in [4.69, 9.17) is 14.2 Å². The summed E-state index contributed by atoms with van der Waals surface area (Å²) in [5.74, 6) is -0.983. The van der Waals surface area contributed by atoms with Crippen LogP contribution in [0.4, 0.5) is 0 Å². The molecule has 3 saturated carbocycles. The van der Waals surface area contributed by atoms with Gasteiger partial charge in [0.1, 0.15) is 12.8 Å². The van der Waals surface area contributed by atoms with E-state index in [0.29, 0.717) is 44.3 Å². The highest BCUT2D eigenvalue weighted by atomic mass is 31.1. The molecule has 2 unspecified atom stereocenters. The average molecular weight is 619 g/mol. The Hall–Kier alpha value is -1.30. The molecule has 1 heterocycles. The van der Waals surface area contributed by atoms with Crippen molar-refractivity contribution in [2.24, 2.45) is 44.3 Å². The van der Waals surface area contributed by atoms with Gasteiger partial charge in [-0.3, -0.25) is 14.2 Å². The van der Waals surface area contributed by atoms with Crippen molar-refractivity contribution in [3.8, 4) is 0 Å². The number of carboxylic acids is 1. The van der Waals surface area contributed by atoms with E-state index in [2.05, 4.69) is 47.6 Å². The van der Waals surface area contributed by atoms with Crippen molar-refractivity contribution in [3.63, 3.8) is 0 Å². The molecular weight excluding hydrogens is 563 g/mol. The third-order valence-corrected chi connectivity index (χ3v) is 14.3. The molecule has 5 aliphatic rings. The van der Waals surface area contributed by atoms with Gasteiger partial charge >= 0.3 is 11.9 Å². The molecule has 6 atom stereocenters. The predicted molar refractivity (Wildman–Crippen MR) is 166 cm³/mol. The number of carbonyl (C=O) groups is 2. The van der Waals surface area contributed by atoms with E-state index in [-0.39, 0.29) is 42.9 Å². The summed E-state index contributed by atoms with van der Waals surface area (Å²) in [4.78, 5) is 25.6. The highest BCUT2D eigenvalue weighted by Crippen LogP contribution is 2.74. The number of ether oxygens (including phenoxy) is 3. The van der Waals surface area contributed by atoms with Crippen LogP contribution in [0, 0.1) is 44.3 Å². The number of esters is 1. The van der Waals surface area contributed by atoms with E-state index >= 15 is 0 Å². The summed E-state index contributed by atoms with van der Waals surface area (Å²) in [6, 6.07) is 0. The first kappa shape index (κ1) is 33.1. The van der Waals surface area contributed by atoms with Gasteiger partial charge in [-0.1, -0.05) is 53.2 Å². The van der Waals surface area contributed by atoms with E-state index in [0.717, 1.165) is 51.4 Å². The number of hydrogen-bond donors (Lipinski definition) is 1. The second-order valence-corrected chi connectivity index (χ2v) is 17.3. The third kappa shape index (κ3) is 5.16. The van der Waals surface area contributed by atoms with Crippen LogP contribution in [0.5, 0.6) is 0 Å². The SMILES string of the molecule is CC1(C)CCC2=CCC3[C@@]4(C)CCC5(OCCO5)C(C)(C)C4CC[C@@]3(C)[C@]2(COC(=O)CP=O)CC[C@@](C)(C(=O)O)CC1. The summed E-state index contributed by atoms with van der Waals surface area (Å²) >= 11 is 0. The molecule has 0 amide bonds. The van der Waals surface area contributed by atoms with Crippen LogP contribution in [0.2, 0.25) is 0 Å². The van der Waals surface area contributed by atoms with Gasteiger partial charge in [-0.2, -0.15) is 0 Å². The molecule has 1 aliphatic heterocycles. The summed E-state index contributed by atoms with van der Waals surface area (Å²) in [5.41, 5.74) is -0.321. The third-order valence-electron chi connectivity index (χ3n) is 13.9. The lowest BCUT2D eigenvalue weighted by atomic mass is 9.35. The summed E-state index contributed by atoms with van der Waals surface area (Å²) in [5, 5.41) is 10.5. The maximum atomic E-state index is 12.8. The Morgan fingerprint density at radius 2 is 1.58 bits per heavy atom. The molecule has 242 valence electrons. The minimum atomic E-state index is -0.856. The summed E-state index contributed by atoms with van der Waals surface area (Å²) in [6.45, 7) is 17.6. The van der Waals surface area contributed by atoms with Gasteiger partial charge < -0.3 is 19.3 Å². The monoisotopic (exact) mass is 618 g/mol. The first-order chi connectivity index (χ1) is 20.0. The topological polar surface area (TPSA) is 99.1 Å². The Morgan fingerprint density at radius 1 is 0.907 bits per heavy atom. The molecule has 4 aliphatic carbocycles. The van der Waals surface area contributed by atoms with E-state index < -0.39 is 28.6 Å². The number of allylic oxidation sites excluding steroid dienone is 1. The summed E-state index contributed by atoms with van der Waals surface area (Å²) in [7, 11) is -0.242. The molecule has 4 fully saturated rings. The highest BCUT2D eigenvalue weighted by molar-refractivity contribution is 7.25. The molecule has 1 saturated heterocycles. The number of carbonyl (C=O) groups excluding carboxylic acids is 1. The zero-order valence-electron chi connectivity index (χ0n) is 27.7. The molecule has 0 aromatic carbocycles. The Balaban J connectivity index is 1.61. The number of hydrogen-bond acceptors (Lipinski definition) is 6. The van der Waals surface area contributed by atoms with Gasteiger partial charge in [0.15, 0.2) is 14.2 Å². The van der Waals surface area contributed by atoms with Crippen molar-refractivity contribution < 1.29 is 33.5 Å². The smallest absolute Gasteiger partial charge is 0.317 e. The van der Waals surface area contributed by atoms with Gasteiger partial charge in [-0.05, 0) is 99.2 Å². The highest BCUT2D eigenvalue weighted by Gasteiger charge is 2.70. The number of aliphatic carboxylic acids is 1. The fourth-order valence-electron chi connectivity index (χ4n) is 10.8. The predicted octanol–water partition coefficient (Wildman–Crippen LogP) is 8.21. The number of carboxylic acid groups (broad SMARTS) is 1. The molecule has 0 aromatic rings. The molecule has 8 heteroatoms. The average Bonchev–Trinajstić information content (AvgIpc) is 3.42. The van der Waals surface area contributed by atoms with Crippen LogP contribution in [0.1, 0.15) is 119 Å². The lowest BCUT2D eigenvalue weighted by molar-refractivity contribution is -0.307. The quantitative estimate of drug-likeness (QED) is 0.188. The van der Waals surface area contributed by atoms with Crippen LogP contribution in [0.3, 0.4) is 0 Å².